The quantitative estimate of drug-likeness (QED) is 0.628. The van der Waals surface area contributed by atoms with Crippen LogP contribution in [0.4, 0.5) is 5.82 Å². The smallest absolute Gasteiger partial charge is 0.198 e. The van der Waals surface area contributed by atoms with Crippen molar-refractivity contribution in [3.8, 4) is 11.6 Å². The van der Waals surface area contributed by atoms with Crippen LogP contribution in [0.3, 0.4) is 0 Å². The highest BCUT2D eigenvalue weighted by Crippen LogP contribution is 2.24. The minimum absolute atomic E-state index is 0.305. The maximum absolute atomic E-state index is 5.41. The summed E-state index contributed by atoms with van der Waals surface area (Å²) < 4.78 is 5.39. The van der Waals surface area contributed by atoms with Gasteiger partial charge in [-0.3, -0.25) is 0 Å². The molecule has 0 unspecified atom stereocenters. The first-order valence-electron chi connectivity index (χ1n) is 5.52. The average molecular weight is 232 g/mol. The number of nitrogens with zero attached hydrogens (tertiary/aromatic N) is 2. The minimum Gasteiger partial charge on any atom is -0.461 e. The molecule has 0 amide bonds. The summed E-state index contributed by atoms with van der Waals surface area (Å²) in [5.41, 5.74) is 4.49. The predicted molar refractivity (Wildman–Crippen MR) is 66.4 cm³/mol. The van der Waals surface area contributed by atoms with Crippen LogP contribution in [-0.2, 0) is 0 Å². The highest BCUT2D eigenvalue weighted by molar-refractivity contribution is 5.55. The fourth-order valence-corrected chi connectivity index (χ4v) is 1.54. The molecule has 0 saturated heterocycles. The number of nitrogen functional groups attached to an aromatic ring is 1. The highest BCUT2D eigenvalue weighted by atomic mass is 16.3. The number of anilines is 1. The van der Waals surface area contributed by atoms with Gasteiger partial charge in [0.25, 0.3) is 0 Å². The van der Waals surface area contributed by atoms with E-state index < -0.39 is 0 Å². The Balaban J connectivity index is 2.54. The Morgan fingerprint density at radius 2 is 2.12 bits per heavy atom. The van der Waals surface area contributed by atoms with Gasteiger partial charge in [0.2, 0.25) is 0 Å². The zero-order valence-electron chi connectivity index (χ0n) is 10.2. The second-order valence-electron chi connectivity index (χ2n) is 4.23. The third-order valence-electron chi connectivity index (χ3n) is 2.55. The number of nitrogens with two attached hydrogens (primary N) is 1. The zero-order valence-corrected chi connectivity index (χ0v) is 10.2. The Morgan fingerprint density at radius 3 is 2.65 bits per heavy atom. The first-order chi connectivity index (χ1) is 8.11. The monoisotopic (exact) mass is 232 g/mol. The lowest BCUT2D eigenvalue weighted by Gasteiger charge is -2.09. The van der Waals surface area contributed by atoms with Gasteiger partial charge in [-0.15, -0.1) is 0 Å². The van der Waals surface area contributed by atoms with E-state index in [1.807, 2.05) is 19.1 Å². The largest absolute Gasteiger partial charge is 0.461 e. The van der Waals surface area contributed by atoms with E-state index in [4.69, 9.17) is 10.3 Å². The van der Waals surface area contributed by atoms with Crippen molar-refractivity contribution in [1.82, 2.24) is 9.97 Å². The van der Waals surface area contributed by atoms with Crippen molar-refractivity contribution in [2.24, 2.45) is 5.84 Å². The molecule has 0 fully saturated rings. The second-order valence-corrected chi connectivity index (χ2v) is 4.23. The van der Waals surface area contributed by atoms with Gasteiger partial charge < -0.3 is 9.84 Å². The lowest BCUT2D eigenvalue weighted by molar-refractivity contribution is 0.574. The van der Waals surface area contributed by atoms with E-state index in [2.05, 4.69) is 29.2 Å². The molecule has 5 heteroatoms. The van der Waals surface area contributed by atoms with Crippen LogP contribution in [0, 0.1) is 6.92 Å². The summed E-state index contributed by atoms with van der Waals surface area (Å²) in [6, 6.07) is 3.72. The Kier molecular flexibility index (Phi) is 3.10. The fraction of sp³-hybridized carbons (Fsp3) is 0.333. The average Bonchev–Trinajstić information content (AvgIpc) is 2.74. The summed E-state index contributed by atoms with van der Waals surface area (Å²) in [5.74, 6) is 7.55. The second kappa shape index (κ2) is 4.55. The molecule has 0 aliphatic rings. The third-order valence-corrected chi connectivity index (χ3v) is 2.55. The first-order valence-corrected chi connectivity index (χ1v) is 5.52. The van der Waals surface area contributed by atoms with Gasteiger partial charge in [-0.1, -0.05) is 13.8 Å². The van der Waals surface area contributed by atoms with Crippen LogP contribution in [0.1, 0.15) is 31.0 Å². The van der Waals surface area contributed by atoms with Gasteiger partial charge in [0.05, 0.1) is 6.26 Å². The van der Waals surface area contributed by atoms with E-state index in [1.54, 1.807) is 6.26 Å². The van der Waals surface area contributed by atoms with Crippen LogP contribution in [0.25, 0.3) is 11.6 Å². The summed E-state index contributed by atoms with van der Waals surface area (Å²) in [7, 11) is 0. The molecular weight excluding hydrogens is 216 g/mol. The summed E-state index contributed by atoms with van der Waals surface area (Å²) in [6.45, 7) is 6.10. The van der Waals surface area contributed by atoms with Crippen LogP contribution in [0.5, 0.6) is 0 Å². The predicted octanol–water partition coefficient (Wildman–Crippen LogP) is 2.45. The summed E-state index contributed by atoms with van der Waals surface area (Å²) in [6.07, 6.45) is 1.63. The molecule has 0 atom stereocenters. The first kappa shape index (κ1) is 11.6. The molecule has 0 bridgehead atoms. The molecule has 0 spiro atoms. The van der Waals surface area contributed by atoms with E-state index in [0.29, 0.717) is 23.3 Å². The van der Waals surface area contributed by atoms with Crippen molar-refractivity contribution in [3.05, 3.63) is 29.7 Å². The van der Waals surface area contributed by atoms with E-state index in [1.165, 1.54) is 0 Å². The van der Waals surface area contributed by atoms with E-state index in [9.17, 15) is 0 Å². The fourth-order valence-electron chi connectivity index (χ4n) is 1.54. The lowest BCUT2D eigenvalue weighted by atomic mass is 10.1. The van der Waals surface area contributed by atoms with Crippen molar-refractivity contribution in [2.75, 3.05) is 5.43 Å². The molecule has 2 rings (SSSR count). The number of nitrogens with one attached hydrogen (secondary N) is 1. The van der Waals surface area contributed by atoms with Crippen LogP contribution in [0.2, 0.25) is 0 Å². The SMILES string of the molecule is Cc1ccoc1-c1nc(NN)cc(C(C)C)n1. The molecule has 0 aromatic carbocycles. The highest BCUT2D eigenvalue weighted by Gasteiger charge is 2.13. The number of aryl methyl sites for hydroxylation is 1. The van der Waals surface area contributed by atoms with Gasteiger partial charge in [0.15, 0.2) is 11.6 Å². The normalized spacial score (nSPS) is 10.9. The number of rotatable bonds is 3. The van der Waals surface area contributed by atoms with Gasteiger partial charge >= 0.3 is 0 Å². The van der Waals surface area contributed by atoms with Gasteiger partial charge in [-0.05, 0) is 24.5 Å². The van der Waals surface area contributed by atoms with Crippen molar-refractivity contribution in [1.29, 1.82) is 0 Å². The van der Waals surface area contributed by atoms with Crippen LogP contribution in [-0.4, -0.2) is 9.97 Å². The standard InChI is InChI=1S/C12H16N4O/c1-7(2)9-6-10(16-13)15-12(14-9)11-8(3)4-5-17-11/h4-7H,13H2,1-3H3,(H,14,15,16). The number of furan rings is 1. The van der Waals surface area contributed by atoms with Crippen molar-refractivity contribution < 1.29 is 4.42 Å². The maximum atomic E-state index is 5.41. The molecule has 2 aromatic heterocycles. The molecule has 3 N–H and O–H groups in total. The van der Waals surface area contributed by atoms with Crippen LogP contribution >= 0.6 is 0 Å². The van der Waals surface area contributed by atoms with Gasteiger partial charge in [-0.25, -0.2) is 15.8 Å². The molecule has 0 radical (unpaired) electrons. The number of hydrogen-bond acceptors (Lipinski definition) is 5. The Labute approximate surface area is 100 Å². The summed E-state index contributed by atoms with van der Waals surface area (Å²) >= 11 is 0. The van der Waals surface area contributed by atoms with Crippen LogP contribution < -0.4 is 11.3 Å². The van der Waals surface area contributed by atoms with Crippen molar-refractivity contribution in [2.45, 2.75) is 26.7 Å². The molecule has 0 saturated carbocycles. The zero-order chi connectivity index (χ0) is 12.4. The molecule has 90 valence electrons. The molecule has 2 heterocycles. The summed E-state index contributed by atoms with van der Waals surface area (Å²) in [5, 5.41) is 0. The molecule has 0 aliphatic heterocycles. The Hall–Kier alpha value is -1.88. The van der Waals surface area contributed by atoms with Crippen molar-refractivity contribution >= 4 is 5.82 Å². The van der Waals surface area contributed by atoms with Gasteiger partial charge in [-0.2, -0.15) is 0 Å². The molecule has 17 heavy (non-hydrogen) atoms. The van der Waals surface area contributed by atoms with Crippen molar-refractivity contribution in [3.63, 3.8) is 0 Å². The lowest BCUT2D eigenvalue weighted by Crippen LogP contribution is -2.11. The number of hydrazine groups is 1. The number of hydrogen-bond donors (Lipinski definition) is 2. The Morgan fingerprint density at radius 1 is 1.35 bits per heavy atom. The maximum Gasteiger partial charge on any atom is 0.198 e. The van der Waals surface area contributed by atoms with Gasteiger partial charge in [0.1, 0.15) is 5.82 Å². The Bertz CT molecular complexity index is 519. The topological polar surface area (TPSA) is 77.0 Å². The van der Waals surface area contributed by atoms with E-state index >= 15 is 0 Å². The van der Waals surface area contributed by atoms with Gasteiger partial charge in [0, 0.05) is 11.8 Å². The third kappa shape index (κ3) is 2.29. The summed E-state index contributed by atoms with van der Waals surface area (Å²) in [4.78, 5) is 8.78. The van der Waals surface area contributed by atoms with Crippen LogP contribution in [0.15, 0.2) is 22.8 Å². The molecule has 0 aliphatic carbocycles. The molecular formula is C12H16N4O. The van der Waals surface area contributed by atoms with E-state index in [0.717, 1.165) is 11.3 Å². The minimum atomic E-state index is 0.305. The molecule has 5 nitrogen and oxygen atoms in total. The van der Waals surface area contributed by atoms with E-state index in [-0.39, 0.29) is 0 Å². The molecule has 2 aromatic rings. The number of aromatic nitrogens is 2.